The quantitative estimate of drug-likeness (QED) is 0.900. The lowest BCUT2D eigenvalue weighted by molar-refractivity contribution is -0.0768. The average Bonchev–Trinajstić information content (AvgIpc) is 2.80. The number of aliphatic hydroxyl groups excluding tert-OH is 1. The predicted octanol–water partition coefficient (Wildman–Crippen LogP) is 1.85. The normalized spacial score (nSPS) is 26.4. The van der Waals surface area contributed by atoms with E-state index < -0.39 is 11.7 Å². The van der Waals surface area contributed by atoms with Crippen LogP contribution in [0.4, 0.5) is 0 Å². The first-order chi connectivity index (χ1) is 7.94. The van der Waals surface area contributed by atoms with Crippen molar-refractivity contribution in [1.29, 1.82) is 0 Å². The molecule has 0 aliphatic carbocycles. The Hall–Kier alpha value is -0.580. The van der Waals surface area contributed by atoms with Gasteiger partial charge in [-0.05, 0) is 26.7 Å². The van der Waals surface area contributed by atoms with Crippen LogP contribution in [0.25, 0.3) is 0 Å². The maximum Gasteiger partial charge on any atom is 0.130 e. The third-order valence-electron chi connectivity index (χ3n) is 3.62. The molecule has 0 saturated carbocycles. The molecule has 2 atom stereocenters. The van der Waals surface area contributed by atoms with E-state index in [1.54, 1.807) is 11.7 Å². The minimum Gasteiger partial charge on any atom is -0.390 e. The summed E-state index contributed by atoms with van der Waals surface area (Å²) in [5, 5.41) is 15.1. The summed E-state index contributed by atoms with van der Waals surface area (Å²) in [6.45, 7) is 4.60. The number of aromatic nitrogens is 2. The van der Waals surface area contributed by atoms with Gasteiger partial charge >= 0.3 is 0 Å². The molecule has 2 rings (SSSR count). The van der Waals surface area contributed by atoms with E-state index in [1.807, 2.05) is 13.8 Å². The molecule has 1 N–H and O–H groups in total. The Kier molecular flexibility index (Phi) is 3.48. The van der Waals surface area contributed by atoms with Gasteiger partial charge in [-0.2, -0.15) is 5.10 Å². The summed E-state index contributed by atoms with van der Waals surface area (Å²) in [6, 6.07) is 0. The van der Waals surface area contributed by atoms with Gasteiger partial charge in [-0.3, -0.25) is 4.68 Å². The molecule has 5 heteroatoms. The van der Waals surface area contributed by atoms with Crippen LogP contribution in [0, 0.1) is 6.92 Å². The van der Waals surface area contributed by atoms with Crippen LogP contribution in [0.5, 0.6) is 0 Å². The Morgan fingerprint density at radius 1 is 1.65 bits per heavy atom. The summed E-state index contributed by atoms with van der Waals surface area (Å²) < 4.78 is 7.28. The summed E-state index contributed by atoms with van der Waals surface area (Å²) in [5.74, 6) is 0. The van der Waals surface area contributed by atoms with Gasteiger partial charge < -0.3 is 9.84 Å². The molecular formula is C12H19ClN2O2. The van der Waals surface area contributed by atoms with Crippen molar-refractivity contribution in [2.75, 3.05) is 6.61 Å². The van der Waals surface area contributed by atoms with E-state index in [2.05, 4.69) is 5.10 Å². The van der Waals surface area contributed by atoms with Gasteiger partial charge in [0.25, 0.3) is 0 Å². The molecule has 0 bridgehead atoms. The Bertz CT molecular complexity index is 411. The molecular weight excluding hydrogens is 240 g/mol. The van der Waals surface area contributed by atoms with E-state index in [0.717, 1.165) is 30.7 Å². The molecule has 0 spiro atoms. The molecule has 96 valence electrons. The molecule has 17 heavy (non-hydrogen) atoms. The van der Waals surface area contributed by atoms with Crippen molar-refractivity contribution >= 4 is 11.6 Å². The van der Waals surface area contributed by atoms with Crippen LogP contribution in [-0.4, -0.2) is 33.2 Å². The van der Waals surface area contributed by atoms with Gasteiger partial charge in [-0.25, -0.2) is 0 Å². The van der Waals surface area contributed by atoms with Crippen molar-refractivity contribution in [1.82, 2.24) is 9.78 Å². The lowest BCUT2D eigenvalue weighted by atomic mass is 9.91. The minimum absolute atomic E-state index is 0.439. The highest BCUT2D eigenvalue weighted by atomic mass is 35.5. The van der Waals surface area contributed by atoms with E-state index in [4.69, 9.17) is 16.3 Å². The maximum atomic E-state index is 10.3. The number of nitrogens with zero attached hydrogens (tertiary/aromatic N) is 2. The SMILES string of the molecule is Cc1nn(C)c(Cl)c1CC(O)C1(C)CCCO1. The van der Waals surface area contributed by atoms with E-state index in [-0.39, 0.29) is 0 Å². The van der Waals surface area contributed by atoms with E-state index in [1.165, 1.54) is 0 Å². The molecule has 0 amide bonds. The second-order valence-electron chi connectivity index (χ2n) is 4.96. The number of hydrogen-bond acceptors (Lipinski definition) is 3. The third-order valence-corrected chi connectivity index (χ3v) is 4.09. The number of aryl methyl sites for hydroxylation is 2. The lowest BCUT2D eigenvalue weighted by Crippen LogP contribution is -2.40. The molecule has 2 heterocycles. The molecule has 4 nitrogen and oxygen atoms in total. The summed E-state index contributed by atoms with van der Waals surface area (Å²) in [7, 11) is 1.80. The van der Waals surface area contributed by atoms with Gasteiger partial charge in [-0.15, -0.1) is 0 Å². The molecule has 1 aliphatic rings. The fraction of sp³-hybridized carbons (Fsp3) is 0.750. The van der Waals surface area contributed by atoms with Gasteiger partial charge in [0, 0.05) is 25.6 Å². The summed E-state index contributed by atoms with van der Waals surface area (Å²) in [6.07, 6.45) is 1.86. The fourth-order valence-electron chi connectivity index (χ4n) is 2.38. The van der Waals surface area contributed by atoms with Crippen molar-refractivity contribution in [3.05, 3.63) is 16.4 Å². The molecule has 1 aromatic heterocycles. The highest BCUT2D eigenvalue weighted by Crippen LogP contribution is 2.32. The van der Waals surface area contributed by atoms with Crippen molar-refractivity contribution in [2.24, 2.45) is 7.05 Å². The minimum atomic E-state index is -0.537. The van der Waals surface area contributed by atoms with Crippen LogP contribution in [0.1, 0.15) is 31.0 Å². The van der Waals surface area contributed by atoms with Crippen LogP contribution in [0.15, 0.2) is 0 Å². The second kappa shape index (κ2) is 4.59. The molecule has 1 fully saturated rings. The Morgan fingerprint density at radius 2 is 2.35 bits per heavy atom. The van der Waals surface area contributed by atoms with E-state index >= 15 is 0 Å². The van der Waals surface area contributed by atoms with Crippen LogP contribution >= 0.6 is 11.6 Å². The second-order valence-corrected chi connectivity index (χ2v) is 5.32. The summed E-state index contributed by atoms with van der Waals surface area (Å²) in [5.41, 5.74) is 1.35. The molecule has 2 unspecified atom stereocenters. The zero-order valence-electron chi connectivity index (χ0n) is 10.5. The van der Waals surface area contributed by atoms with Crippen molar-refractivity contribution in [3.8, 4) is 0 Å². The Labute approximate surface area is 107 Å². The van der Waals surface area contributed by atoms with Crippen LogP contribution in [0.3, 0.4) is 0 Å². The molecule has 1 aliphatic heterocycles. The highest BCUT2D eigenvalue weighted by Gasteiger charge is 2.38. The molecule has 0 aromatic carbocycles. The number of halogens is 1. The van der Waals surface area contributed by atoms with Gasteiger partial charge in [0.15, 0.2) is 0 Å². The van der Waals surface area contributed by atoms with Gasteiger partial charge in [0.05, 0.1) is 17.4 Å². The molecule has 1 aromatic rings. The predicted molar refractivity (Wildman–Crippen MR) is 66.3 cm³/mol. The average molecular weight is 259 g/mol. The number of ether oxygens (including phenoxy) is 1. The number of rotatable bonds is 3. The lowest BCUT2D eigenvalue weighted by Gasteiger charge is -2.29. The van der Waals surface area contributed by atoms with E-state index in [9.17, 15) is 5.11 Å². The zero-order valence-corrected chi connectivity index (χ0v) is 11.3. The van der Waals surface area contributed by atoms with Crippen molar-refractivity contribution in [3.63, 3.8) is 0 Å². The van der Waals surface area contributed by atoms with Crippen LogP contribution in [0.2, 0.25) is 5.15 Å². The Morgan fingerprint density at radius 3 is 2.82 bits per heavy atom. The number of aliphatic hydroxyl groups is 1. The van der Waals surface area contributed by atoms with Crippen LogP contribution in [-0.2, 0) is 18.2 Å². The smallest absolute Gasteiger partial charge is 0.130 e. The van der Waals surface area contributed by atoms with E-state index in [0.29, 0.717) is 11.6 Å². The molecule has 1 saturated heterocycles. The standard InChI is InChI=1S/C12H19ClN2O2/c1-8-9(11(13)15(3)14-8)7-10(16)12(2)5-4-6-17-12/h10,16H,4-7H2,1-3H3. The third kappa shape index (κ3) is 2.34. The van der Waals surface area contributed by atoms with Crippen molar-refractivity contribution in [2.45, 2.75) is 44.8 Å². The summed E-state index contributed by atoms with van der Waals surface area (Å²) in [4.78, 5) is 0. The first-order valence-corrected chi connectivity index (χ1v) is 6.32. The fourth-order valence-corrected chi connectivity index (χ4v) is 2.63. The molecule has 0 radical (unpaired) electrons. The zero-order chi connectivity index (χ0) is 12.6. The van der Waals surface area contributed by atoms with Crippen molar-refractivity contribution < 1.29 is 9.84 Å². The Balaban J connectivity index is 2.15. The summed E-state index contributed by atoms with van der Waals surface area (Å²) >= 11 is 6.16. The maximum absolute atomic E-state index is 10.3. The topological polar surface area (TPSA) is 47.3 Å². The van der Waals surface area contributed by atoms with Crippen LogP contribution < -0.4 is 0 Å². The van der Waals surface area contributed by atoms with Gasteiger partial charge in [0.1, 0.15) is 5.15 Å². The van der Waals surface area contributed by atoms with Gasteiger partial charge in [-0.1, -0.05) is 11.6 Å². The first kappa shape index (κ1) is 12.9. The highest BCUT2D eigenvalue weighted by molar-refractivity contribution is 6.30. The first-order valence-electron chi connectivity index (χ1n) is 5.94. The monoisotopic (exact) mass is 258 g/mol. The number of hydrogen-bond donors (Lipinski definition) is 1. The van der Waals surface area contributed by atoms with Gasteiger partial charge in [0.2, 0.25) is 0 Å². The largest absolute Gasteiger partial charge is 0.390 e.